The SMILES string of the molecule is NC(CO)=NC(=O)c1c[nH+]c(C2CCOCC2)[nH]1. The molecular weight excluding hydrogens is 236 g/mol. The van der Waals surface area contributed by atoms with Gasteiger partial charge < -0.3 is 15.6 Å². The van der Waals surface area contributed by atoms with Crippen LogP contribution >= 0.6 is 0 Å². The molecule has 0 radical (unpaired) electrons. The number of nitrogens with one attached hydrogen (secondary N) is 2. The molecule has 7 nitrogen and oxygen atoms in total. The summed E-state index contributed by atoms with van der Waals surface area (Å²) in [7, 11) is 0. The zero-order valence-electron chi connectivity index (χ0n) is 9.98. The van der Waals surface area contributed by atoms with E-state index in [0.717, 1.165) is 31.9 Å². The van der Waals surface area contributed by atoms with Crippen molar-refractivity contribution < 1.29 is 19.6 Å². The number of aliphatic imine (C=N–C) groups is 1. The first-order chi connectivity index (χ1) is 8.70. The molecule has 1 aliphatic heterocycles. The molecule has 1 aliphatic rings. The average Bonchev–Trinajstić information content (AvgIpc) is 2.89. The van der Waals surface area contributed by atoms with Gasteiger partial charge in [-0.25, -0.2) is 9.97 Å². The van der Waals surface area contributed by atoms with Crippen molar-refractivity contribution in [2.75, 3.05) is 19.8 Å². The van der Waals surface area contributed by atoms with Gasteiger partial charge in [0.15, 0.2) is 0 Å². The van der Waals surface area contributed by atoms with Crippen molar-refractivity contribution in [2.45, 2.75) is 18.8 Å². The van der Waals surface area contributed by atoms with Crippen LogP contribution in [-0.2, 0) is 4.74 Å². The molecule has 1 saturated heterocycles. The minimum atomic E-state index is -0.490. The highest BCUT2D eigenvalue weighted by Gasteiger charge is 2.25. The van der Waals surface area contributed by atoms with E-state index in [-0.39, 0.29) is 5.84 Å². The van der Waals surface area contributed by atoms with Gasteiger partial charge >= 0.3 is 5.91 Å². The number of carbonyl (C=O) groups is 1. The number of aliphatic hydroxyl groups is 1. The van der Waals surface area contributed by atoms with E-state index in [4.69, 9.17) is 15.6 Å². The Balaban J connectivity index is 2.07. The van der Waals surface area contributed by atoms with E-state index < -0.39 is 12.5 Å². The molecule has 1 fully saturated rings. The number of carbonyl (C=O) groups excluding carboxylic acids is 1. The third kappa shape index (κ3) is 2.93. The standard InChI is InChI=1S/C11H16N4O3/c12-9(6-16)15-11(17)8-5-13-10(14-8)7-1-3-18-4-2-7/h5,7,16H,1-4,6H2,(H,13,14)(H2,12,15,17)/p+1. The first kappa shape index (κ1) is 12.7. The summed E-state index contributed by atoms with van der Waals surface area (Å²) >= 11 is 0. The number of hydrogen-bond acceptors (Lipinski definition) is 3. The van der Waals surface area contributed by atoms with Crippen molar-refractivity contribution in [3.63, 3.8) is 0 Å². The highest BCUT2D eigenvalue weighted by atomic mass is 16.5. The highest BCUT2D eigenvalue weighted by molar-refractivity contribution is 6.01. The molecule has 0 saturated carbocycles. The molecule has 1 amide bonds. The van der Waals surface area contributed by atoms with Crippen LogP contribution in [0.1, 0.15) is 35.1 Å². The number of aliphatic hydroxyl groups excluding tert-OH is 1. The number of aromatic nitrogens is 2. The number of H-pyrrole nitrogens is 2. The summed E-state index contributed by atoms with van der Waals surface area (Å²) in [5.41, 5.74) is 5.64. The molecule has 7 heteroatoms. The fraction of sp³-hybridized carbons (Fsp3) is 0.545. The maximum absolute atomic E-state index is 11.7. The zero-order chi connectivity index (χ0) is 13.0. The number of aromatic amines is 2. The van der Waals surface area contributed by atoms with Crippen LogP contribution in [0, 0.1) is 0 Å². The van der Waals surface area contributed by atoms with Gasteiger partial charge in [0.25, 0.3) is 5.82 Å². The number of imidazole rings is 1. The molecule has 1 aromatic rings. The second kappa shape index (κ2) is 5.74. The maximum Gasteiger partial charge on any atom is 0.322 e. The third-order valence-electron chi connectivity index (χ3n) is 2.91. The maximum atomic E-state index is 11.7. The van der Waals surface area contributed by atoms with Crippen LogP contribution in [0.2, 0.25) is 0 Å². The molecule has 98 valence electrons. The van der Waals surface area contributed by atoms with Gasteiger partial charge in [-0.15, -0.1) is 0 Å². The number of amides is 1. The summed E-state index contributed by atoms with van der Waals surface area (Å²) in [6.45, 7) is 1.04. The minimum absolute atomic E-state index is 0.0952. The summed E-state index contributed by atoms with van der Waals surface area (Å²) < 4.78 is 5.28. The molecule has 0 aromatic carbocycles. The smallest absolute Gasteiger partial charge is 0.322 e. The lowest BCUT2D eigenvalue weighted by atomic mass is 10.00. The first-order valence-corrected chi connectivity index (χ1v) is 5.87. The second-order valence-electron chi connectivity index (χ2n) is 4.19. The van der Waals surface area contributed by atoms with Crippen molar-refractivity contribution in [3.8, 4) is 0 Å². The van der Waals surface area contributed by atoms with E-state index in [1.54, 1.807) is 6.20 Å². The van der Waals surface area contributed by atoms with Gasteiger partial charge in [0.1, 0.15) is 18.6 Å². The largest absolute Gasteiger partial charge is 0.388 e. The van der Waals surface area contributed by atoms with Crippen LogP contribution in [0.15, 0.2) is 11.2 Å². The van der Waals surface area contributed by atoms with Crippen LogP contribution in [0.25, 0.3) is 0 Å². The molecule has 2 heterocycles. The average molecular weight is 253 g/mol. The molecule has 0 unspecified atom stereocenters. The lowest BCUT2D eigenvalue weighted by molar-refractivity contribution is -0.392. The summed E-state index contributed by atoms with van der Waals surface area (Å²) in [5, 5.41) is 8.70. The predicted octanol–water partition coefficient (Wildman–Crippen LogP) is -0.788. The number of hydrogen-bond donors (Lipinski definition) is 3. The number of rotatable bonds is 3. The van der Waals surface area contributed by atoms with Crippen LogP contribution in [0.5, 0.6) is 0 Å². The van der Waals surface area contributed by atoms with E-state index in [1.165, 1.54) is 0 Å². The van der Waals surface area contributed by atoms with E-state index in [9.17, 15) is 4.79 Å². The summed E-state index contributed by atoms with van der Waals surface area (Å²) in [6.07, 6.45) is 3.42. The van der Waals surface area contributed by atoms with Gasteiger partial charge in [0.2, 0.25) is 5.69 Å². The van der Waals surface area contributed by atoms with Crippen molar-refractivity contribution >= 4 is 11.7 Å². The lowest BCUT2D eigenvalue weighted by Crippen LogP contribution is -2.20. The predicted molar refractivity (Wildman–Crippen MR) is 63.2 cm³/mol. The van der Waals surface area contributed by atoms with Crippen LogP contribution in [0.4, 0.5) is 0 Å². The van der Waals surface area contributed by atoms with Gasteiger partial charge in [0, 0.05) is 13.2 Å². The summed E-state index contributed by atoms with van der Waals surface area (Å²) in [5.74, 6) is 0.664. The van der Waals surface area contributed by atoms with Gasteiger partial charge in [-0.05, 0) is 12.8 Å². The van der Waals surface area contributed by atoms with Crippen LogP contribution in [-0.4, -0.2) is 41.7 Å². The highest BCUT2D eigenvalue weighted by Crippen LogP contribution is 2.22. The Morgan fingerprint density at radius 2 is 2.33 bits per heavy atom. The number of nitrogens with two attached hydrogens (primary N) is 1. The molecule has 0 spiro atoms. The van der Waals surface area contributed by atoms with Gasteiger partial charge in [0.05, 0.1) is 5.92 Å². The molecule has 0 atom stereocenters. The quantitative estimate of drug-likeness (QED) is 0.483. The summed E-state index contributed by atoms with van der Waals surface area (Å²) in [4.78, 5) is 21.3. The van der Waals surface area contributed by atoms with Crippen LogP contribution in [0.3, 0.4) is 0 Å². The second-order valence-corrected chi connectivity index (χ2v) is 4.19. The van der Waals surface area contributed by atoms with Crippen molar-refractivity contribution in [1.29, 1.82) is 0 Å². The Morgan fingerprint density at radius 3 is 3.00 bits per heavy atom. The third-order valence-corrected chi connectivity index (χ3v) is 2.91. The normalized spacial score (nSPS) is 17.9. The Kier molecular flexibility index (Phi) is 4.06. The molecule has 18 heavy (non-hydrogen) atoms. The van der Waals surface area contributed by atoms with Crippen molar-refractivity contribution in [3.05, 3.63) is 17.7 Å². The molecule has 0 aliphatic carbocycles. The van der Waals surface area contributed by atoms with Gasteiger partial charge in [-0.2, -0.15) is 4.99 Å². The molecule has 1 aromatic heterocycles. The fourth-order valence-electron chi connectivity index (χ4n) is 1.91. The number of amidine groups is 1. The summed E-state index contributed by atoms with van der Waals surface area (Å²) in [6, 6.07) is 0. The van der Waals surface area contributed by atoms with E-state index >= 15 is 0 Å². The van der Waals surface area contributed by atoms with E-state index in [2.05, 4.69) is 15.0 Å². The van der Waals surface area contributed by atoms with Crippen LogP contribution < -0.4 is 10.7 Å². The Labute approximate surface area is 104 Å². The Bertz CT molecular complexity index is 449. The van der Waals surface area contributed by atoms with Gasteiger partial charge in [-0.3, -0.25) is 4.79 Å². The van der Waals surface area contributed by atoms with Crippen molar-refractivity contribution in [1.82, 2.24) is 4.98 Å². The van der Waals surface area contributed by atoms with E-state index in [1.807, 2.05) is 0 Å². The Hall–Kier alpha value is -1.73. The monoisotopic (exact) mass is 253 g/mol. The number of nitrogens with zero attached hydrogens (tertiary/aromatic N) is 1. The number of ether oxygens (including phenoxy) is 1. The Morgan fingerprint density at radius 1 is 1.61 bits per heavy atom. The molecule has 2 rings (SSSR count). The topological polar surface area (TPSA) is 115 Å². The molecular formula is C11H17N4O3+. The van der Waals surface area contributed by atoms with E-state index in [0.29, 0.717) is 11.6 Å². The zero-order valence-corrected chi connectivity index (χ0v) is 9.98. The minimum Gasteiger partial charge on any atom is -0.388 e. The lowest BCUT2D eigenvalue weighted by Gasteiger charge is -2.17. The molecule has 0 bridgehead atoms. The van der Waals surface area contributed by atoms with Crippen molar-refractivity contribution in [2.24, 2.45) is 10.7 Å². The van der Waals surface area contributed by atoms with Gasteiger partial charge in [-0.1, -0.05) is 0 Å². The fourth-order valence-corrected chi connectivity index (χ4v) is 1.91. The molecule has 5 N–H and O–H groups in total. The first-order valence-electron chi connectivity index (χ1n) is 5.87.